The van der Waals surface area contributed by atoms with Crippen molar-refractivity contribution in [1.29, 1.82) is 0 Å². The molecule has 2 rings (SSSR count). The molecule has 3 nitrogen and oxygen atoms in total. The topological polar surface area (TPSA) is 31.2 Å². The second-order valence-corrected chi connectivity index (χ2v) is 4.33. The van der Waals surface area contributed by atoms with Gasteiger partial charge in [0.05, 0.1) is 13.2 Å². The maximum atomic E-state index is 11.5. The third-order valence-corrected chi connectivity index (χ3v) is 2.85. The van der Waals surface area contributed by atoms with E-state index >= 15 is 0 Å². The predicted octanol–water partition coefficient (Wildman–Crippen LogP) is 3.07. The first-order valence-corrected chi connectivity index (χ1v) is 6.02. The van der Waals surface area contributed by atoms with Gasteiger partial charge in [0.2, 0.25) is 0 Å². The highest BCUT2D eigenvalue weighted by atomic mass is 16.5. The van der Waals surface area contributed by atoms with Gasteiger partial charge in [0.15, 0.2) is 0 Å². The van der Waals surface area contributed by atoms with Crippen LogP contribution in [-0.4, -0.2) is 17.1 Å². The summed E-state index contributed by atoms with van der Waals surface area (Å²) in [6.07, 6.45) is 1.97. The molecule has 0 atom stereocenters. The van der Waals surface area contributed by atoms with Crippen molar-refractivity contribution in [1.82, 2.24) is 4.57 Å². The molecule has 0 N–H and O–H groups in total. The van der Waals surface area contributed by atoms with Crippen LogP contribution in [0.1, 0.15) is 12.5 Å². The number of carbonyl (C=O) groups is 1. The second kappa shape index (κ2) is 5.08. The fourth-order valence-electron chi connectivity index (χ4n) is 1.96. The molecule has 0 radical (unpaired) electrons. The summed E-state index contributed by atoms with van der Waals surface area (Å²) in [5.41, 5.74) is 2.80. The Bertz CT molecular complexity index is 596. The number of fused-ring (bicyclic) bond motifs is 1. The Morgan fingerprint density at radius 3 is 2.89 bits per heavy atom. The van der Waals surface area contributed by atoms with E-state index in [0.717, 1.165) is 5.52 Å². The van der Waals surface area contributed by atoms with Crippen molar-refractivity contribution in [2.24, 2.45) is 0 Å². The van der Waals surface area contributed by atoms with E-state index in [0.29, 0.717) is 18.7 Å². The minimum atomic E-state index is -0.327. The van der Waals surface area contributed by atoms with E-state index in [1.54, 1.807) is 6.92 Å². The summed E-state index contributed by atoms with van der Waals surface area (Å²) in [4.78, 5) is 11.5. The number of hydrogen-bond acceptors (Lipinski definition) is 2. The summed E-state index contributed by atoms with van der Waals surface area (Å²) < 4.78 is 6.94. The average Bonchev–Trinajstić information content (AvgIpc) is 2.72. The van der Waals surface area contributed by atoms with Crippen LogP contribution in [0.3, 0.4) is 0 Å². The molecular weight excluding hydrogens is 226 g/mol. The van der Waals surface area contributed by atoms with Gasteiger partial charge in [-0.25, -0.2) is 4.79 Å². The van der Waals surface area contributed by atoms with Crippen LogP contribution < -0.4 is 0 Å². The van der Waals surface area contributed by atoms with Crippen molar-refractivity contribution in [3.05, 3.63) is 48.2 Å². The van der Waals surface area contributed by atoms with E-state index in [-0.39, 0.29) is 5.97 Å². The lowest BCUT2D eigenvalue weighted by atomic mass is 10.2. The molecule has 94 valence electrons. The first kappa shape index (κ1) is 12.4. The highest BCUT2D eigenvalue weighted by Gasteiger charge is 2.09. The van der Waals surface area contributed by atoms with Crippen LogP contribution >= 0.6 is 0 Å². The smallest absolute Gasteiger partial charge is 0.335 e. The number of hydrogen-bond donors (Lipinski definition) is 0. The van der Waals surface area contributed by atoms with E-state index in [1.165, 1.54) is 10.9 Å². The van der Waals surface area contributed by atoms with Gasteiger partial charge in [-0.05, 0) is 37.4 Å². The highest BCUT2D eigenvalue weighted by molar-refractivity contribution is 5.88. The number of benzene rings is 1. The lowest BCUT2D eigenvalue weighted by molar-refractivity contribution is -0.138. The minimum Gasteiger partial charge on any atom is -0.463 e. The normalized spacial score (nSPS) is 10.6. The Balaban J connectivity index is 2.22. The van der Waals surface area contributed by atoms with Crippen LogP contribution in [0.4, 0.5) is 0 Å². The number of aromatic nitrogens is 1. The maximum absolute atomic E-state index is 11.5. The molecule has 0 fully saturated rings. The Morgan fingerprint density at radius 2 is 2.17 bits per heavy atom. The number of aryl methyl sites for hydroxylation is 1. The fraction of sp³-hybridized carbons (Fsp3) is 0.267. The van der Waals surface area contributed by atoms with Crippen LogP contribution in [0.5, 0.6) is 0 Å². The molecule has 0 bridgehead atoms. The lowest BCUT2D eigenvalue weighted by Gasteiger charge is -2.08. The van der Waals surface area contributed by atoms with Gasteiger partial charge in [-0.2, -0.15) is 0 Å². The molecule has 0 aliphatic rings. The number of nitrogens with zero attached hydrogens (tertiary/aromatic N) is 1. The van der Waals surface area contributed by atoms with Gasteiger partial charge in [-0.3, -0.25) is 0 Å². The average molecular weight is 243 g/mol. The third kappa shape index (κ3) is 2.45. The molecular formula is C15H17NO2. The quantitative estimate of drug-likeness (QED) is 0.610. The number of ether oxygens (including phenoxy) is 1. The zero-order valence-electron chi connectivity index (χ0n) is 10.8. The third-order valence-electron chi connectivity index (χ3n) is 2.85. The van der Waals surface area contributed by atoms with Gasteiger partial charge in [0, 0.05) is 17.3 Å². The first-order valence-electron chi connectivity index (χ1n) is 6.02. The van der Waals surface area contributed by atoms with Gasteiger partial charge in [0.1, 0.15) is 0 Å². The molecule has 1 aromatic heterocycles. The zero-order valence-corrected chi connectivity index (χ0v) is 10.8. The largest absolute Gasteiger partial charge is 0.463 e. The molecule has 1 aromatic carbocycles. The Morgan fingerprint density at radius 1 is 1.39 bits per heavy atom. The summed E-state index contributed by atoms with van der Waals surface area (Å²) in [7, 11) is 0. The van der Waals surface area contributed by atoms with Crippen molar-refractivity contribution in [2.75, 3.05) is 6.61 Å². The molecule has 0 spiro atoms. The van der Waals surface area contributed by atoms with Gasteiger partial charge in [0.25, 0.3) is 0 Å². The van der Waals surface area contributed by atoms with Crippen LogP contribution in [0.15, 0.2) is 42.6 Å². The Kier molecular flexibility index (Phi) is 3.51. The second-order valence-electron chi connectivity index (χ2n) is 4.33. The number of rotatable bonds is 4. The van der Waals surface area contributed by atoms with Crippen molar-refractivity contribution in [3.63, 3.8) is 0 Å². The number of esters is 1. The molecule has 0 saturated heterocycles. The van der Waals surface area contributed by atoms with Crippen LogP contribution in [0.2, 0.25) is 0 Å². The summed E-state index contributed by atoms with van der Waals surface area (Å²) in [6.45, 7) is 8.47. The van der Waals surface area contributed by atoms with Crippen LogP contribution in [-0.2, 0) is 16.1 Å². The van der Waals surface area contributed by atoms with Crippen LogP contribution in [0.25, 0.3) is 10.9 Å². The lowest BCUT2D eigenvalue weighted by Crippen LogP contribution is -2.11. The van der Waals surface area contributed by atoms with E-state index in [1.807, 2.05) is 16.8 Å². The summed E-state index contributed by atoms with van der Waals surface area (Å²) in [5, 5.41) is 1.17. The molecule has 0 unspecified atom stereocenters. The Labute approximate surface area is 107 Å². The first-order chi connectivity index (χ1) is 8.61. The fourth-order valence-corrected chi connectivity index (χ4v) is 1.96. The zero-order chi connectivity index (χ0) is 13.1. The highest BCUT2D eigenvalue weighted by Crippen LogP contribution is 2.18. The minimum absolute atomic E-state index is 0.327. The van der Waals surface area contributed by atoms with Crippen molar-refractivity contribution < 1.29 is 9.53 Å². The van der Waals surface area contributed by atoms with Gasteiger partial charge < -0.3 is 9.30 Å². The molecule has 0 saturated carbocycles. The van der Waals surface area contributed by atoms with E-state index < -0.39 is 0 Å². The van der Waals surface area contributed by atoms with E-state index in [9.17, 15) is 4.79 Å². The van der Waals surface area contributed by atoms with Crippen molar-refractivity contribution in [2.45, 2.75) is 20.4 Å². The summed E-state index contributed by atoms with van der Waals surface area (Å²) >= 11 is 0. The SMILES string of the molecule is C=C(Cn1ccc2cc(C)ccc21)C(=O)OCC. The standard InChI is InChI=1S/C15H17NO2/c1-4-18-15(17)12(3)10-16-8-7-13-9-11(2)5-6-14(13)16/h5-9H,3-4,10H2,1-2H3. The molecule has 1 heterocycles. The molecule has 0 amide bonds. The van der Waals surface area contributed by atoms with Gasteiger partial charge >= 0.3 is 5.97 Å². The molecule has 0 aliphatic carbocycles. The summed E-state index contributed by atoms with van der Waals surface area (Å²) in [6, 6.07) is 8.29. The van der Waals surface area contributed by atoms with Crippen LogP contribution in [0, 0.1) is 6.92 Å². The maximum Gasteiger partial charge on any atom is 0.335 e. The summed E-state index contributed by atoms with van der Waals surface area (Å²) in [5.74, 6) is -0.327. The number of carbonyl (C=O) groups excluding carboxylic acids is 1. The van der Waals surface area contributed by atoms with Gasteiger partial charge in [-0.15, -0.1) is 0 Å². The Hall–Kier alpha value is -2.03. The van der Waals surface area contributed by atoms with Crippen molar-refractivity contribution in [3.8, 4) is 0 Å². The van der Waals surface area contributed by atoms with Gasteiger partial charge in [-0.1, -0.05) is 18.2 Å². The van der Waals surface area contributed by atoms with Crippen molar-refractivity contribution >= 4 is 16.9 Å². The van der Waals surface area contributed by atoms with E-state index in [4.69, 9.17) is 4.74 Å². The molecule has 18 heavy (non-hydrogen) atoms. The predicted molar refractivity (Wildman–Crippen MR) is 72.4 cm³/mol. The molecule has 3 heteroatoms. The van der Waals surface area contributed by atoms with E-state index in [2.05, 4.69) is 31.7 Å². The monoisotopic (exact) mass is 243 g/mol. The molecule has 0 aliphatic heterocycles. The molecule has 2 aromatic rings.